The number of hydrogen-bond acceptors (Lipinski definition) is 1. The summed E-state index contributed by atoms with van der Waals surface area (Å²) >= 11 is 0. The molecule has 0 fully saturated rings. The number of benzene rings is 1. The third kappa shape index (κ3) is 3.32. The Labute approximate surface area is 80.0 Å². The van der Waals surface area contributed by atoms with E-state index in [1.54, 1.807) is 6.26 Å². The van der Waals surface area contributed by atoms with E-state index >= 15 is 0 Å². The lowest BCUT2D eigenvalue weighted by molar-refractivity contribution is 0.272. The SMILES string of the molecule is CCOC=Cc1ccc(CC)cc1. The molecule has 0 heterocycles. The largest absolute Gasteiger partial charge is 0.501 e. The maximum atomic E-state index is 5.11. The van der Waals surface area contributed by atoms with Crippen LogP contribution in [0.25, 0.3) is 6.08 Å². The maximum absolute atomic E-state index is 5.11. The van der Waals surface area contributed by atoms with E-state index in [1.807, 2.05) is 13.0 Å². The fourth-order valence-electron chi connectivity index (χ4n) is 1.09. The minimum atomic E-state index is 0.726. The van der Waals surface area contributed by atoms with E-state index in [4.69, 9.17) is 4.74 Å². The molecule has 0 aromatic heterocycles. The van der Waals surface area contributed by atoms with Gasteiger partial charge in [-0.2, -0.15) is 0 Å². The lowest BCUT2D eigenvalue weighted by Crippen LogP contribution is -1.80. The highest BCUT2D eigenvalue weighted by molar-refractivity contribution is 5.48. The summed E-state index contributed by atoms with van der Waals surface area (Å²) in [6, 6.07) is 8.50. The minimum absolute atomic E-state index is 0.726. The van der Waals surface area contributed by atoms with Crippen LogP contribution in [0.2, 0.25) is 0 Å². The second-order valence-electron chi connectivity index (χ2n) is 2.85. The highest BCUT2D eigenvalue weighted by atomic mass is 16.5. The van der Waals surface area contributed by atoms with Gasteiger partial charge >= 0.3 is 0 Å². The Morgan fingerprint density at radius 1 is 1.15 bits per heavy atom. The van der Waals surface area contributed by atoms with Crippen molar-refractivity contribution in [2.45, 2.75) is 20.3 Å². The van der Waals surface area contributed by atoms with Gasteiger partial charge in [-0.25, -0.2) is 0 Å². The number of aryl methyl sites for hydroxylation is 1. The minimum Gasteiger partial charge on any atom is -0.501 e. The predicted octanol–water partition coefficient (Wildman–Crippen LogP) is 3.26. The molecule has 0 aliphatic carbocycles. The van der Waals surface area contributed by atoms with Gasteiger partial charge in [-0.3, -0.25) is 0 Å². The van der Waals surface area contributed by atoms with E-state index in [1.165, 1.54) is 11.1 Å². The van der Waals surface area contributed by atoms with E-state index in [9.17, 15) is 0 Å². The van der Waals surface area contributed by atoms with Crippen molar-refractivity contribution in [1.82, 2.24) is 0 Å². The average molecular weight is 176 g/mol. The van der Waals surface area contributed by atoms with Gasteiger partial charge in [0.1, 0.15) is 0 Å². The second-order valence-corrected chi connectivity index (χ2v) is 2.85. The summed E-state index contributed by atoms with van der Waals surface area (Å²) in [5.74, 6) is 0. The van der Waals surface area contributed by atoms with Crippen LogP contribution in [0.5, 0.6) is 0 Å². The molecule has 1 nitrogen and oxygen atoms in total. The van der Waals surface area contributed by atoms with Gasteiger partial charge in [-0.05, 0) is 30.5 Å². The van der Waals surface area contributed by atoms with Gasteiger partial charge in [0.05, 0.1) is 12.9 Å². The monoisotopic (exact) mass is 176 g/mol. The Kier molecular flexibility index (Phi) is 4.10. The molecule has 0 aliphatic rings. The molecule has 0 bridgehead atoms. The van der Waals surface area contributed by atoms with Crippen LogP contribution in [0.4, 0.5) is 0 Å². The molecular weight excluding hydrogens is 160 g/mol. The molecule has 0 spiro atoms. The van der Waals surface area contributed by atoms with Gasteiger partial charge < -0.3 is 4.74 Å². The van der Waals surface area contributed by atoms with Crippen LogP contribution >= 0.6 is 0 Å². The van der Waals surface area contributed by atoms with Crippen molar-refractivity contribution in [3.8, 4) is 0 Å². The van der Waals surface area contributed by atoms with Gasteiger partial charge in [-0.1, -0.05) is 31.2 Å². The van der Waals surface area contributed by atoms with Gasteiger partial charge in [0.2, 0.25) is 0 Å². The van der Waals surface area contributed by atoms with Crippen molar-refractivity contribution >= 4 is 6.08 Å². The van der Waals surface area contributed by atoms with E-state index in [0.29, 0.717) is 0 Å². The van der Waals surface area contributed by atoms with E-state index in [2.05, 4.69) is 31.2 Å². The van der Waals surface area contributed by atoms with Crippen LogP contribution in [0.1, 0.15) is 25.0 Å². The van der Waals surface area contributed by atoms with Gasteiger partial charge in [0, 0.05) is 0 Å². The number of ether oxygens (including phenoxy) is 1. The molecule has 0 radical (unpaired) electrons. The molecule has 1 aromatic carbocycles. The van der Waals surface area contributed by atoms with Gasteiger partial charge in [0.25, 0.3) is 0 Å². The quantitative estimate of drug-likeness (QED) is 0.640. The molecule has 0 amide bonds. The van der Waals surface area contributed by atoms with Crippen LogP contribution < -0.4 is 0 Å². The molecule has 0 unspecified atom stereocenters. The predicted molar refractivity (Wildman–Crippen MR) is 56.5 cm³/mol. The Morgan fingerprint density at radius 3 is 2.38 bits per heavy atom. The smallest absolute Gasteiger partial charge is 0.0845 e. The molecule has 0 aliphatic heterocycles. The van der Waals surface area contributed by atoms with Crippen molar-refractivity contribution in [2.24, 2.45) is 0 Å². The summed E-state index contributed by atoms with van der Waals surface area (Å²) < 4.78 is 5.11. The average Bonchev–Trinajstić information content (AvgIpc) is 2.19. The molecule has 13 heavy (non-hydrogen) atoms. The van der Waals surface area contributed by atoms with Crippen LogP contribution in [0.3, 0.4) is 0 Å². The molecule has 0 saturated carbocycles. The first kappa shape index (κ1) is 9.85. The first-order valence-corrected chi connectivity index (χ1v) is 4.74. The molecule has 70 valence electrons. The fraction of sp³-hybridized carbons (Fsp3) is 0.333. The van der Waals surface area contributed by atoms with Crippen molar-refractivity contribution in [3.63, 3.8) is 0 Å². The third-order valence-electron chi connectivity index (χ3n) is 1.91. The highest BCUT2D eigenvalue weighted by Crippen LogP contribution is 2.06. The summed E-state index contributed by atoms with van der Waals surface area (Å²) in [4.78, 5) is 0. The highest BCUT2D eigenvalue weighted by Gasteiger charge is 1.88. The van der Waals surface area contributed by atoms with Crippen molar-refractivity contribution in [2.75, 3.05) is 6.61 Å². The zero-order chi connectivity index (χ0) is 9.52. The van der Waals surface area contributed by atoms with Gasteiger partial charge in [-0.15, -0.1) is 0 Å². The Hall–Kier alpha value is -1.24. The number of hydrogen-bond donors (Lipinski definition) is 0. The van der Waals surface area contributed by atoms with E-state index in [-0.39, 0.29) is 0 Å². The summed E-state index contributed by atoms with van der Waals surface area (Å²) in [7, 11) is 0. The van der Waals surface area contributed by atoms with Crippen molar-refractivity contribution in [1.29, 1.82) is 0 Å². The first-order valence-electron chi connectivity index (χ1n) is 4.74. The fourth-order valence-corrected chi connectivity index (χ4v) is 1.09. The second kappa shape index (κ2) is 5.41. The molecular formula is C12H16O. The van der Waals surface area contributed by atoms with E-state index in [0.717, 1.165) is 13.0 Å². The zero-order valence-electron chi connectivity index (χ0n) is 8.29. The third-order valence-corrected chi connectivity index (χ3v) is 1.91. The maximum Gasteiger partial charge on any atom is 0.0845 e. The molecule has 0 saturated heterocycles. The standard InChI is InChI=1S/C12H16O/c1-3-11-5-7-12(8-6-11)9-10-13-4-2/h5-10H,3-4H2,1-2H3. The van der Waals surface area contributed by atoms with Crippen LogP contribution in [-0.4, -0.2) is 6.61 Å². The molecule has 1 rings (SSSR count). The lowest BCUT2D eigenvalue weighted by Gasteiger charge is -1.97. The summed E-state index contributed by atoms with van der Waals surface area (Å²) in [5, 5.41) is 0. The number of rotatable bonds is 4. The first-order chi connectivity index (χ1) is 6.36. The Balaban J connectivity index is 2.58. The molecule has 0 N–H and O–H groups in total. The normalized spacial score (nSPS) is 10.6. The zero-order valence-corrected chi connectivity index (χ0v) is 8.29. The summed E-state index contributed by atoms with van der Waals surface area (Å²) in [6.45, 7) is 4.86. The topological polar surface area (TPSA) is 9.23 Å². The molecule has 1 aromatic rings. The Bertz CT molecular complexity index is 259. The summed E-state index contributed by atoms with van der Waals surface area (Å²) in [5.41, 5.74) is 2.55. The van der Waals surface area contributed by atoms with Crippen molar-refractivity contribution < 1.29 is 4.74 Å². The lowest BCUT2D eigenvalue weighted by atomic mass is 10.1. The molecule has 0 atom stereocenters. The molecule has 1 heteroatoms. The van der Waals surface area contributed by atoms with Gasteiger partial charge in [0.15, 0.2) is 0 Å². The Morgan fingerprint density at radius 2 is 1.85 bits per heavy atom. The van der Waals surface area contributed by atoms with Crippen LogP contribution in [0, 0.1) is 0 Å². The van der Waals surface area contributed by atoms with Crippen molar-refractivity contribution in [3.05, 3.63) is 41.7 Å². The van der Waals surface area contributed by atoms with Crippen LogP contribution in [0.15, 0.2) is 30.5 Å². The van der Waals surface area contributed by atoms with Crippen LogP contribution in [-0.2, 0) is 11.2 Å². The summed E-state index contributed by atoms with van der Waals surface area (Å²) in [6.07, 6.45) is 4.80. The van der Waals surface area contributed by atoms with E-state index < -0.39 is 0 Å².